The van der Waals surface area contributed by atoms with E-state index in [4.69, 9.17) is 0 Å². The second-order valence-electron chi connectivity index (χ2n) is 7.75. The summed E-state index contributed by atoms with van der Waals surface area (Å²) in [5.41, 5.74) is 8.49. The number of halogens is 1. The van der Waals surface area contributed by atoms with Crippen LogP contribution >= 0.6 is 0 Å². The molecule has 2 aliphatic rings. The Morgan fingerprint density at radius 1 is 0.710 bits per heavy atom. The zero-order valence-corrected chi connectivity index (χ0v) is 16.8. The molecule has 0 saturated carbocycles. The van der Waals surface area contributed by atoms with Gasteiger partial charge in [-0.3, -0.25) is 4.48 Å². The number of hydrogen-bond donors (Lipinski definition) is 0. The average molecular weight is 401 g/mol. The van der Waals surface area contributed by atoms with Crippen LogP contribution in [0.25, 0.3) is 27.8 Å². The molecule has 146 valence electrons. The van der Waals surface area contributed by atoms with Crippen molar-refractivity contribution in [1.29, 1.82) is 0 Å². The summed E-state index contributed by atoms with van der Waals surface area (Å²) >= 11 is 0. The van der Waals surface area contributed by atoms with Crippen molar-refractivity contribution in [2.75, 3.05) is 0 Å². The molecule has 4 heteroatoms. The molecule has 0 aliphatic carbocycles. The van der Waals surface area contributed by atoms with E-state index in [0.29, 0.717) is 0 Å². The Labute approximate surface area is 181 Å². The summed E-state index contributed by atoms with van der Waals surface area (Å²) in [4.78, 5) is 0. The fraction of sp³-hybridized carbons (Fsp3) is 0. The number of fused-ring (bicyclic) bond motifs is 2. The number of aromatic nitrogens is 1. The maximum atomic E-state index is 15.3. The number of benzene rings is 3. The monoisotopic (exact) mass is 401 g/mol. The van der Waals surface area contributed by atoms with Gasteiger partial charge in [0.2, 0.25) is 0 Å². The number of nitrogens with zero attached hydrogens (tertiary/aromatic N) is 2. The van der Waals surface area contributed by atoms with E-state index in [1.54, 1.807) is 8.96 Å². The standard InChI is InChI=1S/C27H19BFN2/c29-28-30-18-8-16-24(30)27(25-17-9-19-31(25)28)26-22(20-10-3-1-4-11-20)14-7-15-23(26)21-12-5-2-6-13-21/h1-19H/q+1. The first-order chi connectivity index (χ1) is 15.3. The van der Waals surface area contributed by atoms with Crippen LogP contribution in [0.5, 0.6) is 0 Å². The van der Waals surface area contributed by atoms with Crippen LogP contribution in [-0.4, -0.2) is 22.4 Å². The lowest BCUT2D eigenvalue weighted by atomic mass is 9.82. The van der Waals surface area contributed by atoms with E-state index in [2.05, 4.69) is 66.7 Å². The smallest absolute Gasteiger partial charge is 0.293 e. The molecule has 3 heterocycles. The molecule has 6 rings (SSSR count). The molecule has 4 aromatic rings. The molecule has 0 N–H and O–H groups in total. The lowest BCUT2D eigenvalue weighted by molar-refractivity contribution is -0.329. The Balaban J connectivity index is 1.74. The first kappa shape index (κ1) is 17.9. The molecule has 0 amide bonds. The van der Waals surface area contributed by atoms with E-state index in [9.17, 15) is 0 Å². The second kappa shape index (κ2) is 7.10. The highest BCUT2D eigenvalue weighted by Gasteiger charge is 2.47. The van der Waals surface area contributed by atoms with Crippen LogP contribution in [0.15, 0.2) is 115 Å². The summed E-state index contributed by atoms with van der Waals surface area (Å²) in [6.45, 7) is 0. The van der Waals surface area contributed by atoms with Crippen LogP contribution < -0.4 is 0 Å². The summed E-state index contributed by atoms with van der Waals surface area (Å²) in [5.74, 6) is 0. The Morgan fingerprint density at radius 2 is 1.35 bits per heavy atom. The van der Waals surface area contributed by atoms with Gasteiger partial charge >= 0.3 is 7.26 Å². The van der Waals surface area contributed by atoms with Gasteiger partial charge in [0.1, 0.15) is 6.21 Å². The molecular formula is C27H19BFN2+. The molecule has 2 nitrogen and oxygen atoms in total. The number of hydrogen-bond acceptors (Lipinski definition) is 0. The molecule has 2 aliphatic heterocycles. The van der Waals surface area contributed by atoms with Crippen molar-refractivity contribution in [1.82, 2.24) is 4.48 Å². The minimum Gasteiger partial charge on any atom is -0.293 e. The molecule has 0 saturated heterocycles. The average Bonchev–Trinajstić information content (AvgIpc) is 3.51. The van der Waals surface area contributed by atoms with Crippen molar-refractivity contribution in [2.24, 2.45) is 0 Å². The van der Waals surface area contributed by atoms with Crippen molar-refractivity contribution in [3.05, 3.63) is 126 Å². The molecule has 0 atom stereocenters. The van der Waals surface area contributed by atoms with Gasteiger partial charge in [-0.2, -0.15) is 0 Å². The first-order valence-electron chi connectivity index (χ1n) is 10.4. The third kappa shape index (κ3) is 2.76. The van der Waals surface area contributed by atoms with Crippen LogP contribution in [0.2, 0.25) is 0 Å². The maximum Gasteiger partial charge on any atom is 0.845 e. The van der Waals surface area contributed by atoms with E-state index >= 15 is 4.32 Å². The van der Waals surface area contributed by atoms with Crippen LogP contribution in [0.1, 0.15) is 11.3 Å². The predicted molar refractivity (Wildman–Crippen MR) is 125 cm³/mol. The third-order valence-electron chi connectivity index (χ3n) is 6.01. The first-order valence-corrected chi connectivity index (χ1v) is 10.4. The molecule has 0 radical (unpaired) electrons. The second-order valence-corrected chi connectivity index (χ2v) is 7.75. The lowest BCUT2D eigenvalue weighted by Crippen LogP contribution is -2.37. The van der Waals surface area contributed by atoms with Crippen LogP contribution in [-0.2, 0) is 0 Å². The number of rotatable bonds is 3. The summed E-state index contributed by atoms with van der Waals surface area (Å²) in [6, 6.07) is 31.2. The lowest BCUT2D eigenvalue weighted by Gasteiger charge is -2.23. The Morgan fingerprint density at radius 3 is 2.00 bits per heavy atom. The highest BCUT2D eigenvalue weighted by Crippen LogP contribution is 2.43. The van der Waals surface area contributed by atoms with Gasteiger partial charge in [0, 0.05) is 23.9 Å². The topological polar surface area (TPSA) is 7.94 Å². The van der Waals surface area contributed by atoms with Crippen LogP contribution in [0.3, 0.4) is 0 Å². The zero-order valence-electron chi connectivity index (χ0n) is 16.8. The van der Waals surface area contributed by atoms with E-state index in [1.807, 2.05) is 48.8 Å². The summed E-state index contributed by atoms with van der Waals surface area (Å²) in [6.07, 6.45) is 7.56. The largest absolute Gasteiger partial charge is 0.845 e. The summed E-state index contributed by atoms with van der Waals surface area (Å²) in [7, 11) is -1.25. The molecular weight excluding hydrogens is 382 g/mol. The normalized spacial score (nSPS) is 14.5. The Hall–Kier alpha value is -3.92. The highest BCUT2D eigenvalue weighted by molar-refractivity contribution is 6.42. The summed E-state index contributed by atoms with van der Waals surface area (Å²) in [5, 5.41) is 0. The zero-order chi connectivity index (χ0) is 20.8. The maximum absolute atomic E-state index is 15.3. The van der Waals surface area contributed by atoms with E-state index in [1.165, 1.54) is 0 Å². The quantitative estimate of drug-likeness (QED) is 0.369. The summed E-state index contributed by atoms with van der Waals surface area (Å²) < 4.78 is 18.7. The minimum atomic E-state index is -1.25. The Bertz CT molecular complexity index is 1320. The SMILES string of the molecule is FB1n2cccc2C(c2c(-c3ccccc3)cccc2-c2ccccc2)=C2C=CC=[N+]12. The van der Waals surface area contributed by atoms with Crippen molar-refractivity contribution < 1.29 is 8.80 Å². The molecule has 31 heavy (non-hydrogen) atoms. The van der Waals surface area contributed by atoms with Gasteiger partial charge < -0.3 is 0 Å². The molecule has 0 spiro atoms. The van der Waals surface area contributed by atoms with Crippen molar-refractivity contribution in [3.8, 4) is 22.3 Å². The van der Waals surface area contributed by atoms with Gasteiger partial charge in [0.05, 0.1) is 11.3 Å². The molecule has 0 bridgehead atoms. The highest BCUT2D eigenvalue weighted by atomic mass is 19.1. The third-order valence-corrected chi connectivity index (χ3v) is 6.01. The van der Waals surface area contributed by atoms with E-state index in [0.717, 1.165) is 44.8 Å². The van der Waals surface area contributed by atoms with Gasteiger partial charge in [-0.15, -0.1) is 0 Å². The predicted octanol–water partition coefficient (Wildman–Crippen LogP) is 6.05. The van der Waals surface area contributed by atoms with Gasteiger partial charge in [0.15, 0.2) is 5.70 Å². The van der Waals surface area contributed by atoms with Crippen molar-refractivity contribution in [2.45, 2.75) is 0 Å². The minimum absolute atomic E-state index is 0.888. The van der Waals surface area contributed by atoms with Gasteiger partial charge in [-0.25, -0.2) is 8.80 Å². The van der Waals surface area contributed by atoms with E-state index < -0.39 is 7.26 Å². The van der Waals surface area contributed by atoms with Crippen LogP contribution in [0, 0.1) is 0 Å². The molecule has 0 fully saturated rings. The van der Waals surface area contributed by atoms with Crippen molar-refractivity contribution in [3.63, 3.8) is 0 Å². The Kier molecular flexibility index (Phi) is 4.10. The van der Waals surface area contributed by atoms with Crippen LogP contribution in [0.4, 0.5) is 4.32 Å². The van der Waals surface area contributed by atoms with Gasteiger partial charge in [0.25, 0.3) is 0 Å². The molecule has 3 aromatic carbocycles. The fourth-order valence-corrected chi connectivity index (χ4v) is 4.64. The number of allylic oxidation sites excluding steroid dienone is 2. The van der Waals surface area contributed by atoms with E-state index in [-0.39, 0.29) is 0 Å². The van der Waals surface area contributed by atoms with Gasteiger partial charge in [-0.05, 0) is 34.4 Å². The van der Waals surface area contributed by atoms with Crippen molar-refractivity contribution >= 4 is 19.0 Å². The fourth-order valence-electron chi connectivity index (χ4n) is 4.64. The molecule has 0 unspecified atom stereocenters. The van der Waals surface area contributed by atoms with Gasteiger partial charge in [-0.1, -0.05) is 78.9 Å². The molecule has 1 aromatic heterocycles.